The maximum absolute atomic E-state index is 14.1. The molecule has 0 saturated carbocycles. The summed E-state index contributed by atoms with van der Waals surface area (Å²) in [6.07, 6.45) is 2.77. The van der Waals surface area contributed by atoms with Crippen LogP contribution in [-0.2, 0) is 10.0 Å². The Balaban J connectivity index is 3.25. The Labute approximate surface area is 127 Å². The average molecular weight is 336 g/mol. The summed E-state index contributed by atoms with van der Waals surface area (Å²) in [5.41, 5.74) is -0.777. The van der Waals surface area contributed by atoms with Crippen molar-refractivity contribution in [2.24, 2.45) is 0 Å². The Morgan fingerprint density at radius 2 is 2.14 bits per heavy atom. The summed E-state index contributed by atoms with van der Waals surface area (Å²) >= 11 is 5.68. The van der Waals surface area contributed by atoms with Crippen molar-refractivity contribution in [2.45, 2.75) is 17.7 Å². The van der Waals surface area contributed by atoms with Gasteiger partial charge in [0.25, 0.3) is 0 Å². The Hall–Kier alpha value is -1.44. The van der Waals surface area contributed by atoms with Gasteiger partial charge in [-0.1, -0.05) is 17.7 Å². The number of carbonyl (C=O) groups is 1. The molecule has 0 radical (unpaired) electrons. The summed E-state index contributed by atoms with van der Waals surface area (Å²) in [7, 11) is -2.86. The number of carboxylic acids is 1. The topological polar surface area (TPSA) is 74.7 Å². The van der Waals surface area contributed by atoms with E-state index in [9.17, 15) is 17.6 Å². The number of rotatable bonds is 7. The number of hydrogen-bond acceptors (Lipinski definition) is 3. The van der Waals surface area contributed by atoms with E-state index in [4.69, 9.17) is 16.7 Å². The van der Waals surface area contributed by atoms with Gasteiger partial charge in [0, 0.05) is 18.6 Å². The molecule has 0 unspecified atom stereocenters. The van der Waals surface area contributed by atoms with Crippen LogP contribution in [0.5, 0.6) is 0 Å². The fourth-order valence-electron chi connectivity index (χ4n) is 1.65. The summed E-state index contributed by atoms with van der Waals surface area (Å²) in [5.74, 6) is -2.90. The minimum atomic E-state index is -4.15. The summed E-state index contributed by atoms with van der Waals surface area (Å²) in [4.78, 5) is 10.2. The molecular formula is C13H15ClFNO4S. The molecule has 0 spiro atoms. The largest absolute Gasteiger partial charge is 0.478 e. The van der Waals surface area contributed by atoms with Crippen molar-refractivity contribution in [3.8, 4) is 0 Å². The van der Waals surface area contributed by atoms with Crippen LogP contribution in [0.1, 0.15) is 23.2 Å². The van der Waals surface area contributed by atoms with Crippen molar-refractivity contribution in [3.05, 3.63) is 41.2 Å². The number of aromatic carboxylic acids is 1. The van der Waals surface area contributed by atoms with E-state index < -0.39 is 32.3 Å². The summed E-state index contributed by atoms with van der Waals surface area (Å²) < 4.78 is 39.6. The molecule has 0 atom stereocenters. The minimum absolute atomic E-state index is 0.155. The van der Waals surface area contributed by atoms with Crippen LogP contribution in [0.3, 0.4) is 0 Å². The van der Waals surface area contributed by atoms with Crippen molar-refractivity contribution in [3.63, 3.8) is 0 Å². The predicted octanol–water partition coefficient (Wildman–Crippen LogP) is 2.76. The zero-order valence-corrected chi connectivity index (χ0v) is 12.9. The normalized spacial score (nSPS) is 11.6. The smallest absolute Gasteiger partial charge is 0.338 e. The maximum Gasteiger partial charge on any atom is 0.338 e. The second-order valence-corrected chi connectivity index (χ2v) is 6.78. The van der Waals surface area contributed by atoms with Gasteiger partial charge in [0.15, 0.2) is 5.82 Å². The van der Waals surface area contributed by atoms with E-state index in [2.05, 4.69) is 6.58 Å². The molecule has 1 rings (SSSR count). The predicted molar refractivity (Wildman–Crippen MR) is 77.6 cm³/mol. The first-order valence-corrected chi connectivity index (χ1v) is 7.83. The van der Waals surface area contributed by atoms with Crippen molar-refractivity contribution in [2.75, 3.05) is 13.6 Å². The number of allylic oxidation sites excluding steroid dienone is 1. The van der Waals surface area contributed by atoms with Gasteiger partial charge in [0.05, 0.1) is 5.56 Å². The van der Waals surface area contributed by atoms with Gasteiger partial charge < -0.3 is 5.11 Å². The van der Waals surface area contributed by atoms with Crippen LogP contribution >= 0.6 is 11.6 Å². The summed E-state index contributed by atoms with van der Waals surface area (Å²) in [6, 6.07) is 1.78. The molecule has 0 heterocycles. The molecule has 0 aliphatic rings. The SMILES string of the molecule is C=CCCCN(C)S(=O)(=O)c1cc(Cl)cc(C(=O)O)c1F. The highest BCUT2D eigenvalue weighted by molar-refractivity contribution is 7.89. The first-order valence-electron chi connectivity index (χ1n) is 6.01. The molecule has 5 nitrogen and oxygen atoms in total. The Bertz CT molecular complexity index is 660. The molecule has 0 aliphatic carbocycles. The number of sulfonamides is 1. The molecule has 0 saturated heterocycles. The standard InChI is InChI=1S/C13H15ClFNO4S/c1-3-4-5-6-16(2)21(19,20)11-8-9(14)7-10(12(11)15)13(17)18/h3,7-8H,1,4-6H2,2H3,(H,17,18). The number of hydrogen-bond donors (Lipinski definition) is 1. The molecule has 21 heavy (non-hydrogen) atoms. The third-order valence-electron chi connectivity index (χ3n) is 2.80. The lowest BCUT2D eigenvalue weighted by molar-refractivity contribution is 0.0691. The lowest BCUT2D eigenvalue weighted by atomic mass is 10.2. The van der Waals surface area contributed by atoms with Gasteiger partial charge in [-0.05, 0) is 25.0 Å². The lowest BCUT2D eigenvalue weighted by Gasteiger charge is -2.18. The number of nitrogens with zero attached hydrogens (tertiary/aromatic N) is 1. The molecule has 1 aromatic carbocycles. The fourth-order valence-corrected chi connectivity index (χ4v) is 3.25. The molecule has 1 aromatic rings. The van der Waals surface area contributed by atoms with Crippen molar-refractivity contribution in [1.29, 1.82) is 0 Å². The Morgan fingerprint density at radius 1 is 1.52 bits per heavy atom. The number of halogens is 2. The summed E-state index contributed by atoms with van der Waals surface area (Å²) in [6.45, 7) is 3.68. The highest BCUT2D eigenvalue weighted by Gasteiger charge is 2.28. The second-order valence-electron chi connectivity index (χ2n) is 4.33. The van der Waals surface area contributed by atoms with E-state index in [1.54, 1.807) is 6.08 Å². The highest BCUT2D eigenvalue weighted by atomic mass is 35.5. The summed E-state index contributed by atoms with van der Waals surface area (Å²) in [5, 5.41) is 8.71. The van der Waals surface area contributed by atoms with Gasteiger partial charge in [-0.2, -0.15) is 0 Å². The monoisotopic (exact) mass is 335 g/mol. The zero-order chi connectivity index (χ0) is 16.2. The first kappa shape index (κ1) is 17.6. The Kier molecular flexibility index (Phi) is 5.88. The van der Waals surface area contributed by atoms with Crippen molar-refractivity contribution < 1.29 is 22.7 Å². The van der Waals surface area contributed by atoms with Gasteiger partial charge in [-0.15, -0.1) is 6.58 Å². The first-order chi connectivity index (χ1) is 9.71. The molecule has 1 N–H and O–H groups in total. The second kappa shape index (κ2) is 7.02. The van der Waals surface area contributed by atoms with Gasteiger partial charge >= 0.3 is 5.97 Å². The fraction of sp³-hybridized carbons (Fsp3) is 0.308. The molecule has 0 bridgehead atoms. The van der Waals surface area contributed by atoms with Gasteiger partial charge in [0.1, 0.15) is 4.90 Å². The van der Waals surface area contributed by atoms with Crippen LogP contribution in [0.4, 0.5) is 4.39 Å². The van der Waals surface area contributed by atoms with Crippen LogP contribution in [0.25, 0.3) is 0 Å². The quantitative estimate of drug-likeness (QED) is 0.614. The highest BCUT2D eigenvalue weighted by Crippen LogP contribution is 2.26. The average Bonchev–Trinajstić information content (AvgIpc) is 2.40. The van der Waals surface area contributed by atoms with E-state index >= 15 is 0 Å². The van der Waals surface area contributed by atoms with Gasteiger partial charge in [-0.25, -0.2) is 21.9 Å². The molecule has 0 aromatic heterocycles. The van der Waals surface area contributed by atoms with E-state index in [0.29, 0.717) is 12.8 Å². The molecule has 116 valence electrons. The third kappa shape index (κ3) is 4.03. The molecule has 0 amide bonds. The lowest BCUT2D eigenvalue weighted by Crippen LogP contribution is -2.29. The van der Waals surface area contributed by atoms with Crippen LogP contribution in [0.2, 0.25) is 5.02 Å². The van der Waals surface area contributed by atoms with Crippen LogP contribution < -0.4 is 0 Å². The van der Waals surface area contributed by atoms with E-state index in [1.165, 1.54) is 7.05 Å². The van der Waals surface area contributed by atoms with Crippen LogP contribution in [-0.4, -0.2) is 37.4 Å². The molecule has 0 fully saturated rings. The van der Waals surface area contributed by atoms with Crippen LogP contribution in [0, 0.1) is 5.82 Å². The number of benzene rings is 1. The van der Waals surface area contributed by atoms with Crippen LogP contribution in [0.15, 0.2) is 29.7 Å². The molecule has 8 heteroatoms. The molecular weight excluding hydrogens is 321 g/mol. The number of carboxylic acid groups (broad SMARTS) is 1. The van der Waals surface area contributed by atoms with E-state index in [1.807, 2.05) is 0 Å². The van der Waals surface area contributed by atoms with E-state index in [-0.39, 0.29) is 11.6 Å². The molecule has 0 aliphatic heterocycles. The van der Waals surface area contributed by atoms with Gasteiger partial charge in [0.2, 0.25) is 10.0 Å². The number of unbranched alkanes of at least 4 members (excludes halogenated alkanes) is 1. The minimum Gasteiger partial charge on any atom is -0.478 e. The third-order valence-corrected chi connectivity index (χ3v) is 4.88. The van der Waals surface area contributed by atoms with E-state index in [0.717, 1.165) is 16.4 Å². The van der Waals surface area contributed by atoms with Gasteiger partial charge in [-0.3, -0.25) is 0 Å². The maximum atomic E-state index is 14.1. The zero-order valence-electron chi connectivity index (χ0n) is 11.3. The van der Waals surface area contributed by atoms with Crippen molar-refractivity contribution in [1.82, 2.24) is 4.31 Å². The Morgan fingerprint density at radius 3 is 2.67 bits per heavy atom. The van der Waals surface area contributed by atoms with Crippen molar-refractivity contribution >= 4 is 27.6 Å².